The Morgan fingerprint density at radius 3 is 2.88 bits per heavy atom. The van der Waals surface area contributed by atoms with Crippen LogP contribution in [0.4, 0.5) is 4.39 Å². The van der Waals surface area contributed by atoms with Crippen molar-refractivity contribution < 1.29 is 13.9 Å². The summed E-state index contributed by atoms with van der Waals surface area (Å²) in [5.74, 6) is -0.660. The molecule has 0 saturated heterocycles. The smallest absolute Gasteiger partial charge is 0.272 e. The molecule has 1 amide bonds. The maximum absolute atomic E-state index is 13.4. The molecule has 0 atom stereocenters. The Kier molecular flexibility index (Phi) is 5.58. The number of fused-ring (bicyclic) bond motifs is 1. The molecule has 7 heteroatoms. The van der Waals surface area contributed by atoms with E-state index in [0.717, 1.165) is 23.7 Å². The molecule has 0 spiro atoms. The first-order valence-corrected chi connectivity index (χ1v) is 8.53. The summed E-state index contributed by atoms with van der Waals surface area (Å²) in [7, 11) is 0. The van der Waals surface area contributed by atoms with Crippen LogP contribution in [0.1, 0.15) is 30.8 Å². The third kappa shape index (κ3) is 4.23. The highest BCUT2D eigenvalue weighted by Crippen LogP contribution is 2.25. The summed E-state index contributed by atoms with van der Waals surface area (Å²) in [6, 6.07) is 6.87. The van der Waals surface area contributed by atoms with Crippen LogP contribution in [0.15, 0.2) is 36.7 Å². The monoisotopic (exact) mass is 356 g/mol. The van der Waals surface area contributed by atoms with Gasteiger partial charge in [0.05, 0.1) is 17.8 Å². The second-order valence-electron chi connectivity index (χ2n) is 6.25. The second kappa shape index (κ2) is 8.05. The van der Waals surface area contributed by atoms with E-state index in [2.05, 4.69) is 20.5 Å². The summed E-state index contributed by atoms with van der Waals surface area (Å²) in [5.41, 5.74) is 2.47. The SMILES string of the molecule is CC(C)OCCCNC(=O)c1n[nH]c2ccc(-c3cncc(F)c3)cc12. The summed E-state index contributed by atoms with van der Waals surface area (Å²) in [6.45, 7) is 5.05. The first-order chi connectivity index (χ1) is 12.5. The third-order valence-electron chi connectivity index (χ3n) is 3.87. The summed E-state index contributed by atoms with van der Waals surface area (Å²) < 4.78 is 18.9. The van der Waals surface area contributed by atoms with E-state index in [1.807, 2.05) is 32.0 Å². The summed E-state index contributed by atoms with van der Waals surface area (Å²) in [5, 5.41) is 10.5. The zero-order valence-electron chi connectivity index (χ0n) is 14.8. The number of aromatic amines is 1. The molecule has 0 radical (unpaired) electrons. The first kappa shape index (κ1) is 18.0. The normalized spacial score (nSPS) is 11.2. The molecule has 0 saturated carbocycles. The minimum atomic E-state index is -0.406. The molecule has 0 aliphatic carbocycles. The molecule has 2 heterocycles. The van der Waals surface area contributed by atoms with Crippen LogP contribution in [0.5, 0.6) is 0 Å². The number of carbonyl (C=O) groups is 1. The van der Waals surface area contributed by atoms with Gasteiger partial charge in [0.25, 0.3) is 5.91 Å². The van der Waals surface area contributed by atoms with E-state index in [1.165, 1.54) is 6.07 Å². The van der Waals surface area contributed by atoms with Gasteiger partial charge >= 0.3 is 0 Å². The topological polar surface area (TPSA) is 79.9 Å². The van der Waals surface area contributed by atoms with Crippen LogP contribution in [-0.2, 0) is 4.74 Å². The van der Waals surface area contributed by atoms with Crippen molar-refractivity contribution in [3.63, 3.8) is 0 Å². The summed E-state index contributed by atoms with van der Waals surface area (Å²) >= 11 is 0. The van der Waals surface area contributed by atoms with Crippen molar-refractivity contribution in [1.29, 1.82) is 0 Å². The van der Waals surface area contributed by atoms with Crippen molar-refractivity contribution in [2.45, 2.75) is 26.4 Å². The van der Waals surface area contributed by atoms with Crippen molar-refractivity contribution in [3.05, 3.63) is 48.2 Å². The lowest BCUT2D eigenvalue weighted by molar-refractivity contribution is 0.0756. The molecule has 26 heavy (non-hydrogen) atoms. The maximum Gasteiger partial charge on any atom is 0.272 e. The summed E-state index contributed by atoms with van der Waals surface area (Å²) in [6.07, 6.45) is 3.64. The van der Waals surface area contributed by atoms with Gasteiger partial charge in [-0.05, 0) is 44.0 Å². The van der Waals surface area contributed by atoms with Crippen LogP contribution in [-0.4, -0.2) is 40.3 Å². The Labute approximate surface area is 150 Å². The average molecular weight is 356 g/mol. The highest BCUT2D eigenvalue weighted by Gasteiger charge is 2.14. The van der Waals surface area contributed by atoms with Crippen LogP contribution in [0.2, 0.25) is 0 Å². The highest BCUT2D eigenvalue weighted by atomic mass is 19.1. The number of rotatable bonds is 7. The number of hydrogen-bond acceptors (Lipinski definition) is 4. The highest BCUT2D eigenvalue weighted by molar-refractivity contribution is 6.05. The van der Waals surface area contributed by atoms with E-state index in [4.69, 9.17) is 4.74 Å². The Balaban J connectivity index is 1.74. The number of carbonyl (C=O) groups excluding carboxylic acids is 1. The lowest BCUT2D eigenvalue weighted by Gasteiger charge is -2.07. The minimum Gasteiger partial charge on any atom is -0.379 e. The van der Waals surface area contributed by atoms with Gasteiger partial charge in [0, 0.05) is 30.3 Å². The molecule has 136 valence electrons. The van der Waals surface area contributed by atoms with Crippen LogP contribution in [0.25, 0.3) is 22.0 Å². The van der Waals surface area contributed by atoms with E-state index in [0.29, 0.717) is 29.8 Å². The number of nitrogens with one attached hydrogen (secondary N) is 2. The number of nitrogens with zero attached hydrogens (tertiary/aromatic N) is 2. The number of H-pyrrole nitrogens is 1. The summed E-state index contributed by atoms with van der Waals surface area (Å²) in [4.78, 5) is 16.3. The predicted molar refractivity (Wildman–Crippen MR) is 97.3 cm³/mol. The average Bonchev–Trinajstić information content (AvgIpc) is 3.04. The largest absolute Gasteiger partial charge is 0.379 e. The maximum atomic E-state index is 13.4. The van der Waals surface area contributed by atoms with Gasteiger partial charge in [-0.2, -0.15) is 5.10 Å². The molecule has 0 bridgehead atoms. The number of aromatic nitrogens is 3. The zero-order valence-corrected chi connectivity index (χ0v) is 14.8. The Morgan fingerprint density at radius 2 is 2.12 bits per heavy atom. The quantitative estimate of drug-likeness (QED) is 0.637. The van der Waals surface area contributed by atoms with Gasteiger partial charge in [-0.15, -0.1) is 0 Å². The molecule has 0 fully saturated rings. The van der Waals surface area contributed by atoms with Gasteiger partial charge < -0.3 is 10.1 Å². The van der Waals surface area contributed by atoms with E-state index in [1.54, 1.807) is 6.20 Å². The second-order valence-corrected chi connectivity index (χ2v) is 6.25. The van der Waals surface area contributed by atoms with E-state index < -0.39 is 5.82 Å². The molecule has 0 unspecified atom stereocenters. The molecular formula is C19H21FN4O2. The van der Waals surface area contributed by atoms with Crippen LogP contribution >= 0.6 is 0 Å². The van der Waals surface area contributed by atoms with Crippen molar-refractivity contribution in [2.75, 3.05) is 13.2 Å². The number of amides is 1. The molecule has 0 aliphatic heterocycles. The fraction of sp³-hybridized carbons (Fsp3) is 0.316. The fourth-order valence-corrected chi connectivity index (χ4v) is 2.61. The molecule has 3 rings (SSSR count). The molecule has 1 aromatic carbocycles. The van der Waals surface area contributed by atoms with Crippen molar-refractivity contribution >= 4 is 16.8 Å². The van der Waals surface area contributed by atoms with Crippen molar-refractivity contribution in [2.24, 2.45) is 0 Å². The lowest BCUT2D eigenvalue weighted by atomic mass is 10.0. The number of ether oxygens (including phenoxy) is 1. The minimum absolute atomic E-state index is 0.178. The number of benzene rings is 1. The Bertz CT molecular complexity index is 907. The van der Waals surface area contributed by atoms with E-state index >= 15 is 0 Å². The number of pyridine rings is 1. The molecule has 6 nitrogen and oxygen atoms in total. The van der Waals surface area contributed by atoms with Crippen molar-refractivity contribution in [1.82, 2.24) is 20.5 Å². The standard InChI is InChI=1S/C19H21FN4O2/c1-12(2)26-7-3-6-22-19(25)18-16-9-13(4-5-17(16)23-24-18)14-8-15(20)11-21-10-14/h4-5,8-12H,3,6-7H2,1-2H3,(H,22,25)(H,23,24). The number of hydrogen-bond donors (Lipinski definition) is 2. The van der Waals surface area contributed by atoms with Crippen LogP contribution in [0, 0.1) is 5.82 Å². The van der Waals surface area contributed by atoms with E-state index in [-0.39, 0.29) is 12.0 Å². The van der Waals surface area contributed by atoms with Gasteiger partial charge in [0.2, 0.25) is 0 Å². The first-order valence-electron chi connectivity index (χ1n) is 8.53. The predicted octanol–water partition coefficient (Wildman–Crippen LogP) is 3.31. The fourth-order valence-electron chi connectivity index (χ4n) is 2.61. The third-order valence-corrected chi connectivity index (χ3v) is 3.87. The van der Waals surface area contributed by atoms with Crippen molar-refractivity contribution in [3.8, 4) is 11.1 Å². The van der Waals surface area contributed by atoms with Crippen LogP contribution in [0.3, 0.4) is 0 Å². The lowest BCUT2D eigenvalue weighted by Crippen LogP contribution is -2.26. The molecule has 2 N–H and O–H groups in total. The van der Waals surface area contributed by atoms with Gasteiger partial charge in [0.1, 0.15) is 5.82 Å². The van der Waals surface area contributed by atoms with E-state index in [9.17, 15) is 9.18 Å². The Hall–Kier alpha value is -2.80. The Morgan fingerprint density at radius 1 is 1.27 bits per heavy atom. The van der Waals surface area contributed by atoms with Gasteiger partial charge in [-0.3, -0.25) is 14.9 Å². The van der Waals surface area contributed by atoms with Crippen LogP contribution < -0.4 is 5.32 Å². The van der Waals surface area contributed by atoms with Gasteiger partial charge in [-0.25, -0.2) is 4.39 Å². The zero-order chi connectivity index (χ0) is 18.5. The molecular weight excluding hydrogens is 335 g/mol. The van der Waals surface area contributed by atoms with Gasteiger partial charge in [-0.1, -0.05) is 6.07 Å². The number of halogens is 1. The molecule has 2 aromatic heterocycles. The molecule has 3 aromatic rings. The molecule has 0 aliphatic rings. The van der Waals surface area contributed by atoms with Gasteiger partial charge in [0.15, 0.2) is 5.69 Å².